The standard InChI is InChI=1S/C15H17BrFNO3/c16-13-5-4-11(17)8-12(13)15(21)18-7-1-2-10(9-18)3-6-14(19)20/h4-5,8,10H,1-3,6-7,9H2,(H,19,20)/t10-/m1/s1. The molecule has 6 heteroatoms. The van der Waals surface area contributed by atoms with Gasteiger partial charge in [-0.05, 0) is 59.3 Å². The molecule has 0 unspecified atom stereocenters. The van der Waals surface area contributed by atoms with Gasteiger partial charge in [0.2, 0.25) is 0 Å². The lowest BCUT2D eigenvalue weighted by Gasteiger charge is -2.33. The molecule has 0 aliphatic carbocycles. The number of benzene rings is 1. The van der Waals surface area contributed by atoms with Gasteiger partial charge in [-0.3, -0.25) is 9.59 Å². The molecule has 1 heterocycles. The molecule has 1 atom stereocenters. The first-order valence-electron chi connectivity index (χ1n) is 6.93. The van der Waals surface area contributed by atoms with Crippen molar-refractivity contribution in [3.8, 4) is 0 Å². The van der Waals surface area contributed by atoms with Crippen molar-refractivity contribution in [3.05, 3.63) is 34.1 Å². The highest BCUT2D eigenvalue weighted by atomic mass is 79.9. The molecule has 21 heavy (non-hydrogen) atoms. The lowest BCUT2D eigenvalue weighted by Crippen LogP contribution is -2.40. The molecule has 2 rings (SSSR count). The number of hydrogen-bond acceptors (Lipinski definition) is 2. The van der Waals surface area contributed by atoms with Crippen LogP contribution in [0.2, 0.25) is 0 Å². The van der Waals surface area contributed by atoms with Gasteiger partial charge in [0.05, 0.1) is 5.56 Å². The molecule has 1 aromatic rings. The number of halogens is 2. The molecular formula is C15H17BrFNO3. The van der Waals surface area contributed by atoms with Gasteiger partial charge >= 0.3 is 5.97 Å². The number of nitrogens with zero attached hydrogens (tertiary/aromatic N) is 1. The average Bonchev–Trinajstić information content (AvgIpc) is 2.47. The van der Waals surface area contributed by atoms with Crippen molar-refractivity contribution < 1.29 is 19.1 Å². The van der Waals surface area contributed by atoms with Crippen LogP contribution in [0.3, 0.4) is 0 Å². The number of carbonyl (C=O) groups excluding carboxylic acids is 1. The number of piperidine rings is 1. The van der Waals surface area contributed by atoms with E-state index in [1.807, 2.05) is 0 Å². The number of aliphatic carboxylic acids is 1. The molecule has 1 amide bonds. The lowest BCUT2D eigenvalue weighted by molar-refractivity contribution is -0.137. The van der Waals surface area contributed by atoms with Crippen LogP contribution >= 0.6 is 15.9 Å². The topological polar surface area (TPSA) is 57.6 Å². The first kappa shape index (κ1) is 15.9. The van der Waals surface area contributed by atoms with E-state index in [1.165, 1.54) is 18.2 Å². The van der Waals surface area contributed by atoms with E-state index >= 15 is 0 Å². The smallest absolute Gasteiger partial charge is 0.303 e. The highest BCUT2D eigenvalue weighted by Gasteiger charge is 2.26. The van der Waals surface area contributed by atoms with Crippen molar-refractivity contribution in [1.29, 1.82) is 0 Å². The molecule has 1 saturated heterocycles. The largest absolute Gasteiger partial charge is 0.481 e. The van der Waals surface area contributed by atoms with Gasteiger partial charge in [-0.25, -0.2) is 4.39 Å². The highest BCUT2D eigenvalue weighted by Crippen LogP contribution is 2.25. The van der Waals surface area contributed by atoms with Gasteiger partial charge < -0.3 is 10.0 Å². The first-order valence-corrected chi connectivity index (χ1v) is 7.73. The van der Waals surface area contributed by atoms with Crippen molar-refractivity contribution in [1.82, 2.24) is 4.90 Å². The molecule has 1 aromatic carbocycles. The second kappa shape index (κ2) is 7.02. The molecule has 1 aliphatic heterocycles. The maximum absolute atomic E-state index is 13.3. The molecular weight excluding hydrogens is 341 g/mol. The molecule has 0 aromatic heterocycles. The summed E-state index contributed by atoms with van der Waals surface area (Å²) in [6.07, 6.45) is 2.48. The second-order valence-electron chi connectivity index (χ2n) is 5.32. The Morgan fingerprint density at radius 2 is 2.19 bits per heavy atom. The van der Waals surface area contributed by atoms with Gasteiger partial charge in [0.25, 0.3) is 5.91 Å². The van der Waals surface area contributed by atoms with E-state index in [-0.39, 0.29) is 18.2 Å². The van der Waals surface area contributed by atoms with E-state index in [0.717, 1.165) is 12.8 Å². The summed E-state index contributed by atoms with van der Waals surface area (Å²) in [4.78, 5) is 24.8. The maximum atomic E-state index is 13.3. The van der Waals surface area contributed by atoms with E-state index in [2.05, 4.69) is 15.9 Å². The van der Waals surface area contributed by atoms with Crippen LogP contribution in [0.5, 0.6) is 0 Å². The minimum absolute atomic E-state index is 0.121. The average molecular weight is 358 g/mol. The van der Waals surface area contributed by atoms with Crippen LogP contribution in [-0.4, -0.2) is 35.0 Å². The second-order valence-corrected chi connectivity index (χ2v) is 6.17. The summed E-state index contributed by atoms with van der Waals surface area (Å²) in [7, 11) is 0. The summed E-state index contributed by atoms with van der Waals surface area (Å²) in [5, 5.41) is 8.74. The van der Waals surface area contributed by atoms with Crippen molar-refractivity contribution in [2.24, 2.45) is 5.92 Å². The predicted molar refractivity (Wildman–Crippen MR) is 79.6 cm³/mol. The molecule has 0 saturated carbocycles. The fraction of sp³-hybridized carbons (Fsp3) is 0.467. The van der Waals surface area contributed by atoms with Gasteiger partial charge in [-0.2, -0.15) is 0 Å². The van der Waals surface area contributed by atoms with Crippen LogP contribution in [0.4, 0.5) is 4.39 Å². The minimum atomic E-state index is -0.814. The van der Waals surface area contributed by atoms with E-state index in [0.29, 0.717) is 29.5 Å². The SMILES string of the molecule is O=C(O)CC[C@H]1CCCN(C(=O)c2cc(F)ccc2Br)C1. The molecule has 0 bridgehead atoms. The number of rotatable bonds is 4. The summed E-state index contributed by atoms with van der Waals surface area (Å²) in [6.45, 7) is 1.17. The summed E-state index contributed by atoms with van der Waals surface area (Å²) in [6, 6.07) is 4.05. The summed E-state index contributed by atoms with van der Waals surface area (Å²) in [5.74, 6) is -1.26. The van der Waals surface area contributed by atoms with Gasteiger partial charge in [-0.15, -0.1) is 0 Å². The monoisotopic (exact) mass is 357 g/mol. The van der Waals surface area contributed by atoms with Crippen LogP contribution in [0.25, 0.3) is 0 Å². The molecule has 1 N–H and O–H groups in total. The zero-order chi connectivity index (χ0) is 15.4. The third kappa shape index (κ3) is 4.27. The van der Waals surface area contributed by atoms with Gasteiger partial charge in [-0.1, -0.05) is 0 Å². The summed E-state index contributed by atoms with van der Waals surface area (Å²) in [5.41, 5.74) is 0.314. The number of likely N-dealkylation sites (tertiary alicyclic amines) is 1. The molecule has 114 valence electrons. The first-order chi connectivity index (χ1) is 9.97. The third-order valence-electron chi connectivity index (χ3n) is 3.73. The van der Waals surface area contributed by atoms with Gasteiger partial charge in [0.1, 0.15) is 5.82 Å². The number of carboxylic acids is 1. The zero-order valence-corrected chi connectivity index (χ0v) is 13.1. The fourth-order valence-electron chi connectivity index (χ4n) is 2.64. The Morgan fingerprint density at radius 3 is 2.90 bits per heavy atom. The van der Waals surface area contributed by atoms with Gasteiger partial charge in [0, 0.05) is 24.0 Å². The third-order valence-corrected chi connectivity index (χ3v) is 4.42. The number of carboxylic acid groups (broad SMARTS) is 1. The van der Waals surface area contributed by atoms with Crippen LogP contribution < -0.4 is 0 Å². The fourth-order valence-corrected chi connectivity index (χ4v) is 3.06. The van der Waals surface area contributed by atoms with E-state index in [9.17, 15) is 14.0 Å². The van der Waals surface area contributed by atoms with Crippen LogP contribution in [0.15, 0.2) is 22.7 Å². The van der Waals surface area contributed by atoms with Crippen molar-refractivity contribution in [2.45, 2.75) is 25.7 Å². The van der Waals surface area contributed by atoms with E-state index in [1.54, 1.807) is 4.90 Å². The Morgan fingerprint density at radius 1 is 1.43 bits per heavy atom. The van der Waals surface area contributed by atoms with Crippen LogP contribution in [-0.2, 0) is 4.79 Å². The van der Waals surface area contributed by atoms with E-state index < -0.39 is 11.8 Å². The van der Waals surface area contributed by atoms with Crippen molar-refractivity contribution >= 4 is 27.8 Å². The molecule has 0 spiro atoms. The number of carbonyl (C=O) groups is 2. The van der Waals surface area contributed by atoms with E-state index in [4.69, 9.17) is 5.11 Å². The number of amides is 1. The Kier molecular flexibility index (Phi) is 5.33. The quantitative estimate of drug-likeness (QED) is 0.899. The molecule has 1 aliphatic rings. The zero-order valence-electron chi connectivity index (χ0n) is 11.5. The highest BCUT2D eigenvalue weighted by molar-refractivity contribution is 9.10. The Bertz CT molecular complexity index is 550. The predicted octanol–water partition coefficient (Wildman–Crippen LogP) is 3.31. The van der Waals surface area contributed by atoms with Crippen LogP contribution in [0.1, 0.15) is 36.0 Å². The van der Waals surface area contributed by atoms with Crippen LogP contribution in [0, 0.1) is 11.7 Å². The van der Waals surface area contributed by atoms with Crippen molar-refractivity contribution in [2.75, 3.05) is 13.1 Å². The van der Waals surface area contributed by atoms with Crippen molar-refractivity contribution in [3.63, 3.8) is 0 Å². The summed E-state index contributed by atoms with van der Waals surface area (Å²) < 4.78 is 13.9. The lowest BCUT2D eigenvalue weighted by atomic mass is 9.93. The maximum Gasteiger partial charge on any atom is 0.303 e. The Balaban J connectivity index is 2.05. The number of hydrogen-bond donors (Lipinski definition) is 1. The Hall–Kier alpha value is -1.43. The Labute approximate surface area is 131 Å². The molecule has 1 fully saturated rings. The minimum Gasteiger partial charge on any atom is -0.481 e. The van der Waals surface area contributed by atoms with Gasteiger partial charge in [0.15, 0.2) is 0 Å². The molecule has 0 radical (unpaired) electrons. The molecule has 4 nitrogen and oxygen atoms in total. The summed E-state index contributed by atoms with van der Waals surface area (Å²) >= 11 is 3.27. The normalized spacial score (nSPS) is 18.6.